The molecular formula is C25H32N4O2. The molecule has 164 valence electrons. The van der Waals surface area contributed by atoms with Gasteiger partial charge in [-0.2, -0.15) is 0 Å². The van der Waals surface area contributed by atoms with Crippen LogP contribution < -0.4 is 5.56 Å². The molecule has 6 heteroatoms. The lowest BCUT2D eigenvalue weighted by Gasteiger charge is -2.32. The van der Waals surface area contributed by atoms with Crippen LogP contribution in [0.15, 0.2) is 29.1 Å². The van der Waals surface area contributed by atoms with E-state index in [0.717, 1.165) is 62.0 Å². The third-order valence-corrected chi connectivity index (χ3v) is 7.44. The summed E-state index contributed by atoms with van der Waals surface area (Å²) in [6.07, 6.45) is 4.33. The number of hydrogen-bond acceptors (Lipinski definition) is 4. The van der Waals surface area contributed by atoms with E-state index in [1.807, 2.05) is 4.90 Å². The molecule has 1 amide bonds. The second kappa shape index (κ2) is 7.59. The highest BCUT2D eigenvalue weighted by atomic mass is 16.2. The van der Waals surface area contributed by atoms with Crippen LogP contribution in [0.4, 0.5) is 0 Å². The zero-order valence-corrected chi connectivity index (χ0v) is 18.8. The Labute approximate surface area is 183 Å². The molecule has 1 unspecified atom stereocenters. The van der Waals surface area contributed by atoms with Crippen molar-refractivity contribution in [2.75, 3.05) is 13.1 Å². The number of H-pyrrole nitrogens is 1. The van der Waals surface area contributed by atoms with E-state index in [2.05, 4.69) is 54.9 Å². The molecule has 2 aromatic rings. The molecule has 1 aromatic carbocycles. The second-order valence-electron chi connectivity index (χ2n) is 9.80. The van der Waals surface area contributed by atoms with Crippen molar-refractivity contribution in [3.63, 3.8) is 0 Å². The summed E-state index contributed by atoms with van der Waals surface area (Å²) in [6, 6.07) is 8.67. The number of likely N-dealkylation sites (tertiary alicyclic amines) is 1. The van der Waals surface area contributed by atoms with E-state index >= 15 is 0 Å². The van der Waals surface area contributed by atoms with Crippen molar-refractivity contribution in [3.8, 4) is 0 Å². The highest BCUT2D eigenvalue weighted by molar-refractivity contribution is 5.91. The number of amides is 1. The van der Waals surface area contributed by atoms with E-state index in [0.29, 0.717) is 18.4 Å². The van der Waals surface area contributed by atoms with Crippen molar-refractivity contribution in [2.24, 2.45) is 0 Å². The van der Waals surface area contributed by atoms with Crippen molar-refractivity contribution < 1.29 is 4.79 Å². The summed E-state index contributed by atoms with van der Waals surface area (Å²) in [7, 11) is 0. The minimum absolute atomic E-state index is 0.0256. The van der Waals surface area contributed by atoms with Crippen molar-refractivity contribution >= 4 is 5.91 Å². The van der Waals surface area contributed by atoms with Gasteiger partial charge in [-0.25, -0.2) is 4.98 Å². The van der Waals surface area contributed by atoms with Gasteiger partial charge in [-0.1, -0.05) is 29.8 Å². The van der Waals surface area contributed by atoms with Crippen LogP contribution in [0.25, 0.3) is 0 Å². The second-order valence-corrected chi connectivity index (χ2v) is 9.80. The molecule has 0 spiro atoms. The fraction of sp³-hybridized carbons (Fsp3) is 0.560. The number of benzene rings is 1. The van der Waals surface area contributed by atoms with E-state index in [-0.39, 0.29) is 22.9 Å². The van der Waals surface area contributed by atoms with E-state index in [1.54, 1.807) is 0 Å². The normalized spacial score (nSPS) is 22.6. The molecule has 0 bridgehead atoms. The Kier molecular flexibility index (Phi) is 5.00. The molecule has 5 rings (SSSR count). The lowest BCUT2D eigenvalue weighted by molar-refractivity contribution is -0.135. The Hall–Kier alpha value is -2.47. The summed E-state index contributed by atoms with van der Waals surface area (Å²) in [4.78, 5) is 38.9. The van der Waals surface area contributed by atoms with Crippen molar-refractivity contribution in [2.45, 2.75) is 76.9 Å². The molecule has 1 atom stereocenters. The van der Waals surface area contributed by atoms with Gasteiger partial charge in [0.05, 0.1) is 17.2 Å². The monoisotopic (exact) mass is 420 g/mol. The maximum Gasteiger partial charge on any atom is 0.254 e. The Bertz CT molecular complexity index is 1050. The lowest BCUT2D eigenvalue weighted by Crippen LogP contribution is -2.42. The van der Waals surface area contributed by atoms with E-state index < -0.39 is 0 Å². The van der Waals surface area contributed by atoms with Gasteiger partial charge in [0.2, 0.25) is 5.91 Å². The highest BCUT2D eigenvalue weighted by Crippen LogP contribution is 2.51. The molecule has 31 heavy (non-hydrogen) atoms. The molecule has 1 N–H and O–H groups in total. The predicted molar refractivity (Wildman–Crippen MR) is 120 cm³/mol. The lowest BCUT2D eigenvalue weighted by atomic mass is 9.93. The molecule has 6 nitrogen and oxygen atoms in total. The van der Waals surface area contributed by atoms with Gasteiger partial charge in [0.15, 0.2) is 0 Å². The fourth-order valence-corrected chi connectivity index (χ4v) is 5.27. The molecule has 3 aliphatic rings. The van der Waals surface area contributed by atoms with Gasteiger partial charge in [-0.3, -0.25) is 14.5 Å². The van der Waals surface area contributed by atoms with Gasteiger partial charge in [0.1, 0.15) is 5.82 Å². The quantitative estimate of drug-likeness (QED) is 0.824. The van der Waals surface area contributed by atoms with Crippen LogP contribution in [-0.2, 0) is 23.2 Å². The first-order chi connectivity index (χ1) is 14.9. The van der Waals surface area contributed by atoms with Crippen molar-refractivity contribution in [1.82, 2.24) is 19.8 Å². The summed E-state index contributed by atoms with van der Waals surface area (Å²) in [5.74, 6) is 0.864. The molecule has 1 aliphatic carbocycles. The number of aryl methyl sites for hydroxylation is 1. The number of hydrogen-bond donors (Lipinski definition) is 1. The maximum absolute atomic E-state index is 13.7. The number of nitrogens with one attached hydrogen (secondary N) is 1. The zero-order valence-electron chi connectivity index (χ0n) is 18.8. The minimum atomic E-state index is -0.390. The number of nitrogens with zero attached hydrogens (tertiary/aromatic N) is 3. The third-order valence-electron chi connectivity index (χ3n) is 7.44. The van der Waals surface area contributed by atoms with E-state index in [4.69, 9.17) is 4.98 Å². The minimum Gasteiger partial charge on any atom is -0.332 e. The summed E-state index contributed by atoms with van der Waals surface area (Å²) in [6.45, 7) is 8.75. The standard InChI is InChI=1S/C25H32N4O2/c1-16(2)28-14-10-19-20(15-28)26-22(27-23(19)30)21-5-4-13-29(21)24(31)25(11-12-25)18-8-6-17(3)7-9-18/h6-9,16,21H,4-5,10-15H2,1-3H3,(H,26,27,30). The van der Waals surface area contributed by atoms with Gasteiger partial charge < -0.3 is 9.88 Å². The van der Waals surface area contributed by atoms with Gasteiger partial charge in [0, 0.05) is 31.2 Å². The number of carbonyl (C=O) groups is 1. The van der Waals surface area contributed by atoms with Gasteiger partial charge >= 0.3 is 0 Å². The molecule has 1 saturated carbocycles. The largest absolute Gasteiger partial charge is 0.332 e. The zero-order chi connectivity index (χ0) is 21.8. The number of rotatable bonds is 4. The van der Waals surface area contributed by atoms with Crippen LogP contribution in [0.3, 0.4) is 0 Å². The van der Waals surface area contributed by atoms with Crippen LogP contribution in [-0.4, -0.2) is 44.8 Å². The number of fused-ring (bicyclic) bond motifs is 1. The first-order valence-corrected chi connectivity index (χ1v) is 11.6. The molecule has 2 aliphatic heterocycles. The maximum atomic E-state index is 13.7. The summed E-state index contributed by atoms with van der Waals surface area (Å²) in [5, 5.41) is 0. The number of aromatic amines is 1. The molecule has 1 aromatic heterocycles. The third kappa shape index (κ3) is 3.51. The topological polar surface area (TPSA) is 69.3 Å². The van der Waals surface area contributed by atoms with Gasteiger partial charge in [0.25, 0.3) is 5.56 Å². The SMILES string of the molecule is Cc1ccc(C2(C(=O)N3CCCC3c3nc4c(c(=O)[nH]3)CCN(C(C)C)C4)CC2)cc1. The fourth-order valence-electron chi connectivity index (χ4n) is 5.27. The first-order valence-electron chi connectivity index (χ1n) is 11.6. The summed E-state index contributed by atoms with van der Waals surface area (Å²) >= 11 is 0. The van der Waals surface area contributed by atoms with E-state index in [9.17, 15) is 9.59 Å². The Balaban J connectivity index is 1.44. The highest BCUT2D eigenvalue weighted by Gasteiger charge is 2.54. The Morgan fingerprint density at radius 1 is 1.19 bits per heavy atom. The Morgan fingerprint density at radius 3 is 2.61 bits per heavy atom. The predicted octanol–water partition coefficient (Wildman–Crippen LogP) is 3.24. The van der Waals surface area contributed by atoms with Crippen LogP contribution in [0, 0.1) is 6.92 Å². The van der Waals surface area contributed by atoms with Gasteiger partial charge in [-0.05, 0) is 58.4 Å². The number of carbonyl (C=O) groups excluding carboxylic acids is 1. The van der Waals surface area contributed by atoms with Crippen molar-refractivity contribution in [1.29, 1.82) is 0 Å². The van der Waals surface area contributed by atoms with Crippen LogP contribution in [0.1, 0.15) is 73.8 Å². The van der Waals surface area contributed by atoms with Crippen LogP contribution in [0.2, 0.25) is 0 Å². The molecule has 0 radical (unpaired) electrons. The van der Waals surface area contributed by atoms with E-state index in [1.165, 1.54) is 5.56 Å². The smallest absolute Gasteiger partial charge is 0.254 e. The average molecular weight is 421 g/mol. The summed E-state index contributed by atoms with van der Waals surface area (Å²) < 4.78 is 0. The van der Waals surface area contributed by atoms with Gasteiger partial charge in [-0.15, -0.1) is 0 Å². The number of aromatic nitrogens is 2. The molecule has 3 heterocycles. The molecule has 2 fully saturated rings. The Morgan fingerprint density at radius 2 is 1.94 bits per heavy atom. The van der Waals surface area contributed by atoms with Crippen LogP contribution >= 0.6 is 0 Å². The molecular weight excluding hydrogens is 388 g/mol. The van der Waals surface area contributed by atoms with Crippen molar-refractivity contribution in [3.05, 3.63) is 62.8 Å². The first kappa shape index (κ1) is 20.4. The summed E-state index contributed by atoms with van der Waals surface area (Å²) in [5.41, 5.74) is 3.61. The van der Waals surface area contributed by atoms with Crippen LogP contribution in [0.5, 0.6) is 0 Å². The molecule has 1 saturated heterocycles. The average Bonchev–Trinajstić information content (AvgIpc) is 3.42.